The Balaban J connectivity index is 1.88. The molecule has 0 unspecified atom stereocenters. The summed E-state index contributed by atoms with van der Waals surface area (Å²) in [6.45, 7) is 3.92. The van der Waals surface area contributed by atoms with Gasteiger partial charge in [0, 0.05) is 19.6 Å². The predicted molar refractivity (Wildman–Crippen MR) is 83.0 cm³/mol. The van der Waals surface area contributed by atoms with Crippen molar-refractivity contribution in [2.75, 3.05) is 26.2 Å². The van der Waals surface area contributed by atoms with Gasteiger partial charge in [0.2, 0.25) is 5.91 Å². The molecule has 2 amide bonds. The number of carbonyl (C=O) groups excluding carboxylic acids is 2. The number of hydrogen-bond donors (Lipinski definition) is 1. The number of likely N-dealkylation sites (N-methyl/N-ethyl adjacent to an activating group) is 1. The van der Waals surface area contributed by atoms with Gasteiger partial charge in [0.05, 0.1) is 12.6 Å². The van der Waals surface area contributed by atoms with Crippen LogP contribution in [0.2, 0.25) is 0 Å². The number of benzene rings is 1. The van der Waals surface area contributed by atoms with Gasteiger partial charge < -0.3 is 20.3 Å². The molecule has 0 bridgehead atoms. The molecule has 1 heterocycles. The molecule has 120 valence electrons. The lowest BCUT2D eigenvalue weighted by Gasteiger charge is -2.27. The maximum absolute atomic E-state index is 12.3. The Morgan fingerprint density at radius 1 is 1.36 bits per heavy atom. The molecule has 6 nitrogen and oxygen atoms in total. The number of amides is 2. The fraction of sp³-hybridized carbons (Fsp3) is 0.500. The minimum atomic E-state index is -0.335. The third-order valence-corrected chi connectivity index (χ3v) is 3.91. The van der Waals surface area contributed by atoms with Crippen LogP contribution >= 0.6 is 0 Å². The van der Waals surface area contributed by atoms with Gasteiger partial charge in [-0.3, -0.25) is 4.79 Å². The van der Waals surface area contributed by atoms with Crippen molar-refractivity contribution in [2.24, 2.45) is 5.73 Å². The lowest BCUT2D eigenvalue weighted by molar-refractivity contribution is -0.128. The first kappa shape index (κ1) is 16.3. The zero-order valence-corrected chi connectivity index (χ0v) is 12.9. The molecule has 2 N–H and O–H groups in total. The number of hydrogen-bond acceptors (Lipinski definition) is 4. The highest BCUT2D eigenvalue weighted by Gasteiger charge is 2.32. The highest BCUT2D eigenvalue weighted by atomic mass is 16.6. The maximum Gasteiger partial charge on any atom is 0.410 e. The number of likely N-dealkylation sites (tertiary alicyclic amines) is 1. The average Bonchev–Trinajstić information content (AvgIpc) is 3.03. The molecule has 0 aliphatic carbocycles. The van der Waals surface area contributed by atoms with E-state index < -0.39 is 0 Å². The van der Waals surface area contributed by atoms with Gasteiger partial charge in [-0.15, -0.1) is 0 Å². The van der Waals surface area contributed by atoms with E-state index in [-0.39, 0.29) is 31.2 Å². The highest BCUT2D eigenvalue weighted by molar-refractivity contribution is 5.78. The van der Waals surface area contributed by atoms with Crippen molar-refractivity contribution in [1.29, 1.82) is 0 Å². The highest BCUT2D eigenvalue weighted by Crippen LogP contribution is 2.17. The van der Waals surface area contributed by atoms with Gasteiger partial charge in [-0.25, -0.2) is 4.79 Å². The van der Waals surface area contributed by atoms with Crippen molar-refractivity contribution in [3.63, 3.8) is 0 Å². The van der Waals surface area contributed by atoms with Crippen LogP contribution in [0.15, 0.2) is 30.3 Å². The fourth-order valence-electron chi connectivity index (χ4n) is 2.69. The summed E-state index contributed by atoms with van der Waals surface area (Å²) in [6, 6.07) is 9.58. The summed E-state index contributed by atoms with van der Waals surface area (Å²) in [4.78, 5) is 27.3. The average molecular weight is 305 g/mol. The molecule has 6 heteroatoms. The van der Waals surface area contributed by atoms with E-state index in [4.69, 9.17) is 10.5 Å². The van der Waals surface area contributed by atoms with Gasteiger partial charge >= 0.3 is 6.09 Å². The standard InChI is InChI=1S/C16H23N3O3/c1-2-19(14-8-9-18(11-14)15(20)10-17)16(21)22-12-13-6-4-3-5-7-13/h3-7,14H,2,8-12,17H2,1H3/t14-/m1/s1. The summed E-state index contributed by atoms with van der Waals surface area (Å²) in [5.74, 6) is -0.0730. The van der Waals surface area contributed by atoms with Crippen LogP contribution in [-0.4, -0.2) is 54.0 Å². The molecular weight excluding hydrogens is 282 g/mol. The molecule has 1 saturated heterocycles. The van der Waals surface area contributed by atoms with Crippen molar-refractivity contribution in [1.82, 2.24) is 9.80 Å². The zero-order valence-electron chi connectivity index (χ0n) is 12.9. The summed E-state index contributed by atoms with van der Waals surface area (Å²) >= 11 is 0. The Morgan fingerprint density at radius 3 is 2.73 bits per heavy atom. The minimum Gasteiger partial charge on any atom is -0.445 e. The van der Waals surface area contributed by atoms with E-state index in [0.717, 1.165) is 12.0 Å². The number of ether oxygens (including phenoxy) is 1. The summed E-state index contributed by atoms with van der Waals surface area (Å²) in [5.41, 5.74) is 6.34. The molecular formula is C16H23N3O3. The SMILES string of the molecule is CCN(C(=O)OCc1ccccc1)[C@@H]1CCN(C(=O)CN)C1. The van der Waals surface area contributed by atoms with Crippen molar-refractivity contribution < 1.29 is 14.3 Å². The van der Waals surface area contributed by atoms with Crippen molar-refractivity contribution >= 4 is 12.0 Å². The lowest BCUT2D eigenvalue weighted by atomic mass is 10.2. The molecule has 1 atom stereocenters. The van der Waals surface area contributed by atoms with Crippen LogP contribution in [0, 0.1) is 0 Å². The number of rotatable bonds is 5. The molecule has 0 saturated carbocycles. The summed E-state index contributed by atoms with van der Waals surface area (Å²) in [7, 11) is 0. The first-order valence-electron chi connectivity index (χ1n) is 7.60. The smallest absolute Gasteiger partial charge is 0.410 e. The normalized spacial score (nSPS) is 17.4. The molecule has 22 heavy (non-hydrogen) atoms. The van der Waals surface area contributed by atoms with Crippen molar-refractivity contribution in [3.05, 3.63) is 35.9 Å². The van der Waals surface area contributed by atoms with Crippen LogP contribution in [0.4, 0.5) is 4.79 Å². The molecule has 1 fully saturated rings. The summed E-state index contributed by atoms with van der Waals surface area (Å²) in [6.07, 6.45) is 0.429. The van der Waals surface area contributed by atoms with E-state index in [9.17, 15) is 9.59 Å². The molecule has 1 aliphatic heterocycles. The van der Waals surface area contributed by atoms with Crippen LogP contribution in [0.3, 0.4) is 0 Å². The first-order valence-corrected chi connectivity index (χ1v) is 7.60. The second-order valence-electron chi connectivity index (χ2n) is 5.31. The third-order valence-electron chi connectivity index (χ3n) is 3.91. The van der Waals surface area contributed by atoms with Crippen LogP contribution in [0.5, 0.6) is 0 Å². The maximum atomic E-state index is 12.3. The van der Waals surface area contributed by atoms with Gasteiger partial charge in [-0.2, -0.15) is 0 Å². The Bertz CT molecular complexity index is 507. The molecule has 2 rings (SSSR count). The van der Waals surface area contributed by atoms with E-state index >= 15 is 0 Å². The second-order valence-corrected chi connectivity index (χ2v) is 5.31. The molecule has 1 aliphatic rings. The van der Waals surface area contributed by atoms with Gasteiger partial charge in [-0.05, 0) is 18.9 Å². The molecule has 0 radical (unpaired) electrons. The second kappa shape index (κ2) is 7.79. The van der Waals surface area contributed by atoms with Gasteiger partial charge in [0.1, 0.15) is 6.61 Å². The van der Waals surface area contributed by atoms with E-state index in [1.807, 2.05) is 37.3 Å². The zero-order chi connectivity index (χ0) is 15.9. The first-order chi connectivity index (χ1) is 10.7. The van der Waals surface area contributed by atoms with E-state index in [2.05, 4.69) is 0 Å². The van der Waals surface area contributed by atoms with E-state index in [1.54, 1.807) is 9.80 Å². The fourth-order valence-corrected chi connectivity index (χ4v) is 2.69. The third kappa shape index (κ3) is 3.98. The molecule has 1 aromatic rings. The molecule has 0 aromatic heterocycles. The van der Waals surface area contributed by atoms with Crippen molar-refractivity contribution in [2.45, 2.75) is 26.0 Å². The lowest BCUT2D eigenvalue weighted by Crippen LogP contribution is -2.43. The Hall–Kier alpha value is -2.08. The van der Waals surface area contributed by atoms with Gasteiger partial charge in [-0.1, -0.05) is 30.3 Å². The predicted octanol–water partition coefficient (Wildman–Crippen LogP) is 1.20. The Kier molecular flexibility index (Phi) is 5.77. The van der Waals surface area contributed by atoms with E-state index in [1.165, 1.54) is 0 Å². The molecule has 1 aromatic carbocycles. The minimum absolute atomic E-state index is 0.00349. The van der Waals surface area contributed by atoms with Gasteiger partial charge in [0.25, 0.3) is 0 Å². The van der Waals surface area contributed by atoms with Crippen LogP contribution in [0.1, 0.15) is 18.9 Å². The number of carbonyl (C=O) groups is 2. The van der Waals surface area contributed by atoms with Crippen LogP contribution < -0.4 is 5.73 Å². The van der Waals surface area contributed by atoms with Crippen molar-refractivity contribution in [3.8, 4) is 0 Å². The topological polar surface area (TPSA) is 75.9 Å². The summed E-state index contributed by atoms with van der Waals surface area (Å²) in [5, 5.41) is 0. The number of nitrogens with two attached hydrogens (primary N) is 1. The Labute approximate surface area is 130 Å². The quantitative estimate of drug-likeness (QED) is 0.887. The van der Waals surface area contributed by atoms with Crippen LogP contribution in [-0.2, 0) is 16.1 Å². The van der Waals surface area contributed by atoms with E-state index in [0.29, 0.717) is 19.6 Å². The van der Waals surface area contributed by atoms with Crippen LogP contribution in [0.25, 0.3) is 0 Å². The number of nitrogens with zero attached hydrogens (tertiary/aromatic N) is 2. The monoisotopic (exact) mass is 305 g/mol. The largest absolute Gasteiger partial charge is 0.445 e. The summed E-state index contributed by atoms with van der Waals surface area (Å²) < 4.78 is 5.37. The van der Waals surface area contributed by atoms with Gasteiger partial charge in [0.15, 0.2) is 0 Å². The Morgan fingerprint density at radius 2 is 2.09 bits per heavy atom. The molecule has 0 spiro atoms.